The van der Waals surface area contributed by atoms with Gasteiger partial charge in [0, 0.05) is 23.6 Å². The number of benzene rings is 1. The molecule has 8 nitrogen and oxygen atoms in total. The third-order valence-electron chi connectivity index (χ3n) is 5.80. The fourth-order valence-electron chi connectivity index (χ4n) is 4.08. The van der Waals surface area contributed by atoms with Gasteiger partial charge in [-0.2, -0.15) is 18.3 Å². The number of hydrogen-bond donors (Lipinski definition) is 2. The van der Waals surface area contributed by atoms with Crippen molar-refractivity contribution in [1.29, 1.82) is 0 Å². The van der Waals surface area contributed by atoms with Gasteiger partial charge in [0.15, 0.2) is 0 Å². The van der Waals surface area contributed by atoms with Crippen molar-refractivity contribution in [3.8, 4) is 0 Å². The standard InChI is InChI=1S/C22H25N3O3.C2HF3O2/c1-12(2)17-10-18-15(9-22(27)28-20(18)6-13(17)3)11-25-21(26)8-14-7-16(23)4-5-19(14)24-25;3-2(4,5)1(6)7/h6,8-10,12,16H,4-5,7,11,23H2,1-3H3;(H,6,7). The van der Waals surface area contributed by atoms with Gasteiger partial charge in [-0.05, 0) is 66.5 Å². The van der Waals surface area contributed by atoms with E-state index >= 15 is 0 Å². The van der Waals surface area contributed by atoms with E-state index in [9.17, 15) is 22.8 Å². The maximum Gasteiger partial charge on any atom is 0.490 e. The Morgan fingerprint density at radius 1 is 1.26 bits per heavy atom. The third kappa shape index (κ3) is 6.16. The fraction of sp³-hybridized carbons (Fsp3) is 0.417. The first kappa shape index (κ1) is 26.1. The lowest BCUT2D eigenvalue weighted by Crippen LogP contribution is -2.33. The Morgan fingerprint density at radius 3 is 2.51 bits per heavy atom. The molecule has 11 heteroatoms. The topological polar surface area (TPSA) is 128 Å². The minimum Gasteiger partial charge on any atom is -0.475 e. The molecular weight excluding hydrogens is 467 g/mol. The van der Waals surface area contributed by atoms with E-state index in [0.717, 1.165) is 40.6 Å². The van der Waals surface area contributed by atoms with Crippen LogP contribution in [0.15, 0.2) is 38.3 Å². The van der Waals surface area contributed by atoms with Crippen molar-refractivity contribution in [3.63, 3.8) is 0 Å². The molecule has 1 atom stereocenters. The summed E-state index contributed by atoms with van der Waals surface area (Å²) in [5.74, 6) is -2.41. The fourth-order valence-corrected chi connectivity index (χ4v) is 4.08. The van der Waals surface area contributed by atoms with Crippen molar-refractivity contribution in [2.24, 2.45) is 5.73 Å². The van der Waals surface area contributed by atoms with Gasteiger partial charge in [0.25, 0.3) is 5.56 Å². The molecule has 188 valence electrons. The normalized spacial score (nSPS) is 15.5. The number of aliphatic carboxylic acids is 1. The summed E-state index contributed by atoms with van der Waals surface area (Å²) in [6.45, 7) is 6.52. The molecule has 1 unspecified atom stereocenters. The zero-order chi connectivity index (χ0) is 26.1. The van der Waals surface area contributed by atoms with Crippen LogP contribution in [0.3, 0.4) is 0 Å². The second-order valence-electron chi connectivity index (χ2n) is 8.87. The summed E-state index contributed by atoms with van der Waals surface area (Å²) in [7, 11) is 0. The molecular formula is C24H26F3N3O5. The van der Waals surface area contributed by atoms with Crippen molar-refractivity contribution in [2.75, 3.05) is 0 Å². The van der Waals surface area contributed by atoms with Crippen molar-refractivity contribution in [3.05, 3.63) is 73.0 Å². The molecule has 2 aromatic heterocycles. The van der Waals surface area contributed by atoms with Crippen LogP contribution in [0, 0.1) is 6.92 Å². The molecule has 3 aromatic rings. The number of aryl methyl sites for hydroxylation is 2. The maximum absolute atomic E-state index is 12.6. The lowest BCUT2D eigenvalue weighted by molar-refractivity contribution is -0.192. The van der Waals surface area contributed by atoms with Gasteiger partial charge in [-0.15, -0.1) is 0 Å². The second-order valence-corrected chi connectivity index (χ2v) is 8.87. The van der Waals surface area contributed by atoms with Crippen molar-refractivity contribution in [1.82, 2.24) is 9.78 Å². The van der Waals surface area contributed by atoms with Gasteiger partial charge in [0.2, 0.25) is 0 Å². The number of fused-ring (bicyclic) bond motifs is 2. The van der Waals surface area contributed by atoms with E-state index in [0.29, 0.717) is 17.9 Å². The maximum atomic E-state index is 12.6. The van der Waals surface area contributed by atoms with E-state index in [2.05, 4.69) is 25.0 Å². The van der Waals surface area contributed by atoms with Crippen molar-refractivity contribution in [2.45, 2.75) is 64.7 Å². The van der Waals surface area contributed by atoms with E-state index in [1.54, 1.807) is 6.07 Å². The first-order valence-corrected chi connectivity index (χ1v) is 11.0. The van der Waals surface area contributed by atoms with Crippen LogP contribution in [0.5, 0.6) is 0 Å². The summed E-state index contributed by atoms with van der Waals surface area (Å²) in [6, 6.07) is 7.16. The zero-order valence-corrected chi connectivity index (χ0v) is 19.5. The number of alkyl halides is 3. The predicted octanol–water partition coefficient (Wildman–Crippen LogP) is 3.28. The Morgan fingerprint density at radius 2 is 1.91 bits per heavy atom. The quantitative estimate of drug-likeness (QED) is 0.536. The Labute approximate surface area is 198 Å². The van der Waals surface area contributed by atoms with Crippen LogP contribution in [0.4, 0.5) is 13.2 Å². The molecule has 0 bridgehead atoms. The molecule has 4 rings (SSSR count). The highest BCUT2D eigenvalue weighted by Gasteiger charge is 2.38. The first-order valence-electron chi connectivity index (χ1n) is 11.0. The number of halogens is 3. The summed E-state index contributed by atoms with van der Waals surface area (Å²) in [5.41, 5.74) is 10.8. The van der Waals surface area contributed by atoms with Gasteiger partial charge in [-0.1, -0.05) is 13.8 Å². The van der Waals surface area contributed by atoms with Crippen molar-refractivity contribution < 1.29 is 27.5 Å². The number of hydrogen-bond acceptors (Lipinski definition) is 6. The number of carboxylic acid groups (broad SMARTS) is 1. The molecule has 0 aliphatic heterocycles. The van der Waals surface area contributed by atoms with Crippen LogP contribution in [-0.2, 0) is 24.2 Å². The average molecular weight is 493 g/mol. The molecule has 1 aliphatic rings. The highest BCUT2D eigenvalue weighted by Crippen LogP contribution is 2.27. The van der Waals surface area contributed by atoms with Gasteiger partial charge >= 0.3 is 17.8 Å². The molecule has 0 amide bonds. The van der Waals surface area contributed by atoms with Gasteiger partial charge in [0.05, 0.1) is 12.2 Å². The molecule has 1 aromatic carbocycles. The molecule has 3 N–H and O–H groups in total. The van der Waals surface area contributed by atoms with Crippen LogP contribution in [0.25, 0.3) is 11.0 Å². The minimum atomic E-state index is -5.08. The molecule has 2 heterocycles. The van der Waals surface area contributed by atoms with Crippen LogP contribution < -0.4 is 16.9 Å². The molecule has 0 fully saturated rings. The van der Waals surface area contributed by atoms with E-state index in [1.165, 1.54) is 16.3 Å². The highest BCUT2D eigenvalue weighted by atomic mass is 19.4. The number of carbonyl (C=O) groups is 1. The molecule has 0 saturated heterocycles. The Bertz CT molecular complexity index is 1380. The molecule has 35 heavy (non-hydrogen) atoms. The van der Waals surface area contributed by atoms with E-state index in [1.807, 2.05) is 13.0 Å². The first-order chi connectivity index (χ1) is 16.3. The summed E-state index contributed by atoms with van der Waals surface area (Å²) >= 11 is 0. The van der Waals surface area contributed by atoms with Crippen molar-refractivity contribution >= 4 is 16.9 Å². The average Bonchev–Trinajstić information content (AvgIpc) is 2.73. The van der Waals surface area contributed by atoms with Crippen LogP contribution in [0.1, 0.15) is 54.1 Å². The number of rotatable bonds is 3. The number of nitrogens with zero attached hydrogens (tertiary/aromatic N) is 2. The van der Waals surface area contributed by atoms with Gasteiger partial charge < -0.3 is 15.3 Å². The third-order valence-corrected chi connectivity index (χ3v) is 5.80. The van der Waals surface area contributed by atoms with E-state index in [-0.39, 0.29) is 18.1 Å². The zero-order valence-electron chi connectivity index (χ0n) is 19.5. The molecule has 0 spiro atoms. The Balaban J connectivity index is 0.000000429. The van der Waals surface area contributed by atoms with E-state index < -0.39 is 17.8 Å². The monoisotopic (exact) mass is 493 g/mol. The number of carboxylic acids is 1. The predicted molar refractivity (Wildman–Crippen MR) is 123 cm³/mol. The van der Waals surface area contributed by atoms with Gasteiger partial charge in [0.1, 0.15) is 5.58 Å². The second kappa shape index (κ2) is 10.0. The van der Waals surface area contributed by atoms with Crippen LogP contribution >= 0.6 is 0 Å². The summed E-state index contributed by atoms with van der Waals surface area (Å²) in [4.78, 5) is 33.6. The Kier molecular flexibility index (Phi) is 7.49. The van der Waals surface area contributed by atoms with Gasteiger partial charge in [-0.3, -0.25) is 4.79 Å². The van der Waals surface area contributed by atoms with E-state index in [4.69, 9.17) is 20.1 Å². The minimum absolute atomic E-state index is 0.0879. The van der Waals surface area contributed by atoms with Crippen LogP contribution in [-0.4, -0.2) is 33.1 Å². The number of nitrogens with two attached hydrogens (primary N) is 1. The molecule has 0 radical (unpaired) electrons. The Hall–Kier alpha value is -3.47. The lowest BCUT2D eigenvalue weighted by atomic mass is 9.93. The largest absolute Gasteiger partial charge is 0.490 e. The molecule has 1 aliphatic carbocycles. The number of aromatic nitrogens is 2. The summed E-state index contributed by atoms with van der Waals surface area (Å²) in [6.07, 6.45) is -2.76. The van der Waals surface area contributed by atoms with Gasteiger partial charge in [-0.25, -0.2) is 14.3 Å². The molecule has 0 saturated carbocycles. The highest BCUT2D eigenvalue weighted by molar-refractivity contribution is 5.82. The summed E-state index contributed by atoms with van der Waals surface area (Å²) in [5, 5.41) is 12.5. The SMILES string of the molecule is Cc1cc2oc(=O)cc(Cn3nc4c(cc3=O)CC(N)CC4)c2cc1C(C)C.O=C(O)C(F)(F)F. The smallest absolute Gasteiger partial charge is 0.475 e. The summed E-state index contributed by atoms with van der Waals surface area (Å²) < 4.78 is 38.6. The lowest BCUT2D eigenvalue weighted by Gasteiger charge is -2.21. The van der Waals surface area contributed by atoms with Crippen LogP contribution in [0.2, 0.25) is 0 Å².